The second-order valence-electron chi connectivity index (χ2n) is 8.64. The number of hydrogen-bond acceptors (Lipinski definition) is 6. The molecular formula is C24H30N5O4P. The molecule has 1 aliphatic heterocycles. The molecule has 1 aromatic carbocycles. The minimum atomic E-state index is -0.823. The van der Waals surface area contributed by atoms with Crippen molar-refractivity contribution in [2.75, 3.05) is 32.7 Å². The lowest BCUT2D eigenvalue weighted by molar-refractivity contribution is -0.122. The molecule has 9 nitrogen and oxygen atoms in total. The van der Waals surface area contributed by atoms with Crippen LogP contribution in [0.3, 0.4) is 0 Å². The van der Waals surface area contributed by atoms with Crippen LogP contribution in [0.1, 0.15) is 54.1 Å². The Balaban J connectivity index is 1.55. The maximum Gasteiger partial charge on any atom is 0.294 e. The Hall–Kier alpha value is -2.95. The Kier molecular flexibility index (Phi) is 7.20. The number of hydrogen-bond donors (Lipinski definition) is 1. The number of fused-ring (bicyclic) bond motifs is 1. The summed E-state index contributed by atoms with van der Waals surface area (Å²) in [4.78, 5) is 33.2. The first kappa shape index (κ1) is 24.2. The summed E-state index contributed by atoms with van der Waals surface area (Å²) in [6, 6.07) is 4.71. The molecule has 1 saturated carbocycles. The van der Waals surface area contributed by atoms with Crippen molar-refractivity contribution in [2.24, 2.45) is 0 Å². The minimum Gasteiger partial charge on any atom is -0.489 e. The molecule has 180 valence electrons. The Morgan fingerprint density at radius 1 is 1.38 bits per heavy atom. The van der Waals surface area contributed by atoms with Crippen LogP contribution in [-0.4, -0.2) is 71.4 Å². The number of rotatable bonds is 4. The van der Waals surface area contributed by atoms with Crippen LogP contribution in [-0.2, 0) is 15.7 Å². The molecule has 0 radical (unpaired) electrons. The first-order valence-electron chi connectivity index (χ1n) is 11.4. The Morgan fingerprint density at radius 2 is 2.15 bits per heavy atom. The summed E-state index contributed by atoms with van der Waals surface area (Å²) in [6.45, 7) is 0.0249. The first-order valence-corrected chi connectivity index (χ1v) is 12.2. The highest BCUT2D eigenvalue weighted by molar-refractivity contribution is 7.15. The van der Waals surface area contributed by atoms with Crippen LogP contribution < -0.4 is 9.64 Å². The molecule has 2 heterocycles. The molecule has 10 heteroatoms. The third-order valence-electron chi connectivity index (χ3n) is 6.52. The molecule has 0 saturated heterocycles. The lowest BCUT2D eigenvalue weighted by Gasteiger charge is -2.30. The highest BCUT2D eigenvalue weighted by Gasteiger charge is 2.36. The number of amides is 2. The number of methoxy groups -OCH3 is 1. The quantitative estimate of drug-likeness (QED) is 0.530. The highest BCUT2D eigenvalue weighted by Crippen LogP contribution is 2.33. The van der Waals surface area contributed by atoms with Gasteiger partial charge in [0.05, 0.1) is 5.69 Å². The maximum absolute atomic E-state index is 13.3. The summed E-state index contributed by atoms with van der Waals surface area (Å²) >= 11 is 0. The van der Waals surface area contributed by atoms with Gasteiger partial charge in [-0.25, -0.2) is 4.98 Å². The molecule has 34 heavy (non-hydrogen) atoms. The maximum atomic E-state index is 13.3. The molecule has 1 aliphatic carbocycles. The Bertz CT molecular complexity index is 1130. The van der Waals surface area contributed by atoms with Crippen LogP contribution in [0.2, 0.25) is 0 Å². The smallest absolute Gasteiger partial charge is 0.294 e. The van der Waals surface area contributed by atoms with Gasteiger partial charge in [-0.05, 0) is 43.9 Å². The zero-order valence-electron chi connectivity index (χ0n) is 19.8. The van der Waals surface area contributed by atoms with Crippen molar-refractivity contribution in [3.05, 3.63) is 35.4 Å². The van der Waals surface area contributed by atoms with E-state index in [-0.39, 0.29) is 18.3 Å². The molecule has 0 bridgehead atoms. The minimum absolute atomic E-state index is 0.0181. The van der Waals surface area contributed by atoms with Crippen molar-refractivity contribution < 1.29 is 19.1 Å². The molecule has 2 atom stereocenters. The number of aromatic nitrogens is 3. The highest BCUT2D eigenvalue weighted by atomic mass is 31.0. The first-order chi connectivity index (χ1) is 16.4. The van der Waals surface area contributed by atoms with Crippen LogP contribution in [0.4, 0.5) is 5.69 Å². The van der Waals surface area contributed by atoms with Crippen molar-refractivity contribution in [3.63, 3.8) is 0 Å². The molecule has 2 aromatic rings. The van der Waals surface area contributed by atoms with Gasteiger partial charge in [0, 0.05) is 32.9 Å². The number of aromatic amines is 1. The van der Waals surface area contributed by atoms with Gasteiger partial charge < -0.3 is 19.3 Å². The topological polar surface area (TPSA) is 101 Å². The van der Waals surface area contributed by atoms with Crippen LogP contribution in [0.25, 0.3) is 0 Å². The monoisotopic (exact) mass is 483 g/mol. The van der Waals surface area contributed by atoms with Gasteiger partial charge in [-0.3, -0.25) is 14.7 Å². The molecule has 4 rings (SSSR count). The number of nitrogens with one attached hydrogen (secondary N) is 1. The SMILES string of the molecule is COC1(C#Cc2ccc3c(c2)N(C)C(=O)[C@@H](N(C)C(=O)c2n[nH]c(CP)n2)CO3)CCCCC1. The fourth-order valence-electron chi connectivity index (χ4n) is 4.31. The predicted octanol–water partition coefficient (Wildman–Crippen LogP) is 2.38. The van der Waals surface area contributed by atoms with E-state index >= 15 is 0 Å². The molecule has 2 amide bonds. The third kappa shape index (κ3) is 4.79. The van der Waals surface area contributed by atoms with E-state index in [1.165, 1.54) is 16.2 Å². The summed E-state index contributed by atoms with van der Waals surface area (Å²) in [6.07, 6.45) is 5.83. The second-order valence-corrected chi connectivity index (χ2v) is 9.05. The third-order valence-corrected chi connectivity index (χ3v) is 6.91. The average molecular weight is 484 g/mol. The zero-order valence-corrected chi connectivity index (χ0v) is 20.9. The number of carbonyl (C=O) groups excluding carboxylic acids is 2. The molecule has 1 unspecified atom stereocenters. The number of nitrogens with zero attached hydrogens (tertiary/aromatic N) is 4. The number of carbonyl (C=O) groups is 2. The summed E-state index contributed by atoms with van der Waals surface area (Å²) < 4.78 is 11.7. The van der Waals surface area contributed by atoms with Gasteiger partial charge >= 0.3 is 0 Å². The van der Waals surface area contributed by atoms with Crippen LogP contribution in [0, 0.1) is 11.8 Å². The lowest BCUT2D eigenvalue weighted by Crippen LogP contribution is -2.50. The van der Waals surface area contributed by atoms with Crippen molar-refractivity contribution >= 4 is 26.7 Å². The number of anilines is 1. The van der Waals surface area contributed by atoms with Gasteiger partial charge in [0.2, 0.25) is 5.82 Å². The average Bonchev–Trinajstić information content (AvgIpc) is 3.32. The van der Waals surface area contributed by atoms with Gasteiger partial charge in [-0.15, -0.1) is 14.3 Å². The standard InChI is InChI=1S/C24H30N5O4P/c1-28-17-13-16(9-12-24(32-3)10-5-4-6-11-24)7-8-19(17)33-14-18(22(28)30)29(2)23(31)21-25-20(15-34)26-27-21/h7-8,13,18H,4-6,10-11,14-15,34H2,1-3H3,(H,25,26,27)/t18-/m0/s1. The summed E-state index contributed by atoms with van der Waals surface area (Å²) in [5, 5.41) is 6.67. The zero-order chi connectivity index (χ0) is 24.3. The van der Waals surface area contributed by atoms with Crippen molar-refractivity contribution in [3.8, 4) is 17.6 Å². The number of H-pyrrole nitrogens is 1. The van der Waals surface area contributed by atoms with Gasteiger partial charge in [0.25, 0.3) is 11.8 Å². The fraction of sp³-hybridized carbons (Fsp3) is 0.500. The second kappa shape index (κ2) is 10.1. The van der Waals surface area contributed by atoms with Crippen molar-refractivity contribution in [2.45, 2.75) is 49.9 Å². The van der Waals surface area contributed by atoms with Crippen molar-refractivity contribution in [1.82, 2.24) is 20.1 Å². The van der Waals surface area contributed by atoms with E-state index in [0.29, 0.717) is 23.4 Å². The van der Waals surface area contributed by atoms with E-state index in [0.717, 1.165) is 31.2 Å². The lowest BCUT2D eigenvalue weighted by atomic mass is 9.85. The van der Waals surface area contributed by atoms with E-state index in [9.17, 15) is 9.59 Å². The molecule has 1 fully saturated rings. The van der Waals surface area contributed by atoms with Gasteiger partial charge in [0.15, 0.2) is 0 Å². The van der Waals surface area contributed by atoms with E-state index < -0.39 is 17.6 Å². The van der Waals surface area contributed by atoms with E-state index in [4.69, 9.17) is 9.47 Å². The Morgan fingerprint density at radius 3 is 2.82 bits per heavy atom. The molecule has 1 aromatic heterocycles. The van der Waals surface area contributed by atoms with Crippen molar-refractivity contribution in [1.29, 1.82) is 0 Å². The molecular weight excluding hydrogens is 453 g/mol. The fourth-order valence-corrected chi connectivity index (χ4v) is 4.49. The predicted molar refractivity (Wildman–Crippen MR) is 131 cm³/mol. The molecule has 0 spiro atoms. The van der Waals surface area contributed by atoms with Crippen LogP contribution in [0.5, 0.6) is 5.75 Å². The number of ether oxygens (including phenoxy) is 2. The summed E-state index contributed by atoms with van der Waals surface area (Å²) in [5.41, 5.74) is 0.977. The normalized spacial score (nSPS) is 19.4. The van der Waals surface area contributed by atoms with E-state index in [1.807, 2.05) is 18.2 Å². The van der Waals surface area contributed by atoms with Gasteiger partial charge in [0.1, 0.15) is 29.8 Å². The van der Waals surface area contributed by atoms with Gasteiger partial charge in [-0.2, -0.15) is 0 Å². The molecule has 2 aliphatic rings. The van der Waals surface area contributed by atoms with Crippen LogP contribution >= 0.6 is 9.24 Å². The molecule has 1 N–H and O–H groups in total. The van der Waals surface area contributed by atoms with E-state index in [2.05, 4.69) is 36.3 Å². The van der Waals surface area contributed by atoms with Crippen LogP contribution in [0.15, 0.2) is 18.2 Å². The summed E-state index contributed by atoms with van der Waals surface area (Å²) in [5.74, 6) is 7.01. The number of likely N-dealkylation sites (N-methyl/N-ethyl adjacent to an activating group) is 2. The Labute approximate surface area is 201 Å². The largest absolute Gasteiger partial charge is 0.489 e. The summed E-state index contributed by atoms with van der Waals surface area (Å²) in [7, 11) is 7.46. The number of benzene rings is 1. The van der Waals surface area contributed by atoms with E-state index in [1.54, 1.807) is 21.2 Å². The van der Waals surface area contributed by atoms with Gasteiger partial charge in [-0.1, -0.05) is 18.3 Å².